The van der Waals surface area contributed by atoms with Crippen LogP contribution in [0.4, 0.5) is 0 Å². The van der Waals surface area contributed by atoms with Crippen molar-refractivity contribution >= 4 is 0 Å². The minimum absolute atomic E-state index is 0. The van der Waals surface area contributed by atoms with Crippen LogP contribution in [-0.4, -0.2) is 4.98 Å². The van der Waals surface area contributed by atoms with Crippen LogP contribution in [0, 0.1) is 0 Å². The summed E-state index contributed by atoms with van der Waals surface area (Å²) in [6.07, 6.45) is 1.83. The molecule has 7 aromatic rings. The van der Waals surface area contributed by atoms with Gasteiger partial charge in [0.05, 0.1) is 0 Å². The molecule has 1 heterocycles. The van der Waals surface area contributed by atoms with Gasteiger partial charge in [-0.25, -0.2) is 0 Å². The van der Waals surface area contributed by atoms with E-state index in [0.717, 1.165) is 5.69 Å². The van der Waals surface area contributed by atoms with Crippen molar-refractivity contribution in [2.45, 2.75) is 202 Å². The van der Waals surface area contributed by atoms with Crippen molar-refractivity contribution in [2.24, 2.45) is 0 Å². The molecule has 0 saturated heterocycles. The lowest BCUT2D eigenvalue weighted by molar-refractivity contribution is 0.823. The standard InChI is InChI=1S/6C9H12.C8H11N.3C2H6.3CH4/c6*1-8(2)9-6-4-3-5-7-9;1-7(2)8-5-3-4-6-9-8;3*1-2;;;/h6*3-8H,1-2H3;3-7H,1-2H3;3*1-2H3;3*1H4. The maximum absolute atomic E-state index is 4.18. The Labute approximate surface area is 450 Å². The number of hydrogen-bond donors (Lipinski definition) is 0. The van der Waals surface area contributed by atoms with Crippen LogP contribution in [0.3, 0.4) is 0 Å². The summed E-state index contributed by atoms with van der Waals surface area (Å²) in [5.41, 5.74) is 9.65. The largest absolute Gasteiger partial charge is 0.261 e. The molecule has 0 spiro atoms. The van der Waals surface area contributed by atoms with E-state index in [1.165, 1.54) is 33.4 Å². The molecule has 0 aliphatic rings. The van der Waals surface area contributed by atoms with Crippen LogP contribution in [0.15, 0.2) is 206 Å². The summed E-state index contributed by atoms with van der Waals surface area (Å²) in [4.78, 5) is 4.18. The molecule has 1 aromatic heterocycles. The van der Waals surface area contributed by atoms with Gasteiger partial charge in [0.2, 0.25) is 0 Å². The van der Waals surface area contributed by atoms with Crippen LogP contribution < -0.4 is 0 Å². The van der Waals surface area contributed by atoms with Gasteiger partial charge >= 0.3 is 0 Å². The van der Waals surface area contributed by atoms with Gasteiger partial charge in [0.15, 0.2) is 0 Å². The highest BCUT2D eigenvalue weighted by Gasteiger charge is 1.98. The Morgan fingerprint density at radius 3 is 0.444 bits per heavy atom. The smallest absolute Gasteiger partial charge is 0.0428 e. The van der Waals surface area contributed by atoms with E-state index in [0.29, 0.717) is 41.4 Å². The van der Waals surface area contributed by atoms with Gasteiger partial charge in [0.25, 0.3) is 0 Å². The zero-order chi connectivity index (χ0) is 52.8. The Bertz CT molecular complexity index is 1570. The summed E-state index contributed by atoms with van der Waals surface area (Å²) in [7, 11) is 0. The van der Waals surface area contributed by atoms with E-state index < -0.39 is 0 Å². The normalized spacial score (nSPS) is 9.10. The molecule has 0 saturated carbocycles. The van der Waals surface area contributed by atoms with Gasteiger partial charge in [0, 0.05) is 11.9 Å². The number of nitrogens with zero attached hydrogens (tertiary/aromatic N) is 1. The monoisotopic (exact) mass is 980 g/mol. The van der Waals surface area contributed by atoms with E-state index in [1.54, 1.807) is 0 Å². The Morgan fingerprint density at radius 1 is 0.208 bits per heavy atom. The first-order valence-corrected chi connectivity index (χ1v) is 26.3. The van der Waals surface area contributed by atoms with Gasteiger partial charge in [0.1, 0.15) is 0 Å². The molecule has 0 aliphatic heterocycles. The number of rotatable bonds is 7. The van der Waals surface area contributed by atoms with Crippen molar-refractivity contribution < 1.29 is 0 Å². The predicted molar refractivity (Wildman–Crippen MR) is 336 cm³/mol. The number of benzene rings is 6. The quantitative estimate of drug-likeness (QED) is 0.155. The second kappa shape index (κ2) is 53.3. The van der Waals surface area contributed by atoms with Crippen molar-refractivity contribution in [1.29, 1.82) is 0 Å². The molecule has 0 N–H and O–H groups in total. The van der Waals surface area contributed by atoms with Crippen LogP contribution >= 0.6 is 0 Å². The first-order valence-electron chi connectivity index (χ1n) is 26.3. The average Bonchev–Trinajstić information content (AvgIpc) is 3.41. The van der Waals surface area contributed by atoms with Crippen LogP contribution in [0.1, 0.15) is 241 Å². The van der Waals surface area contributed by atoms with E-state index in [-0.39, 0.29) is 22.3 Å². The molecule has 7 rings (SSSR count). The van der Waals surface area contributed by atoms with Crippen molar-refractivity contribution in [3.63, 3.8) is 0 Å². The molecular formula is C71H113N. The predicted octanol–water partition coefficient (Wildman–Crippen LogP) is 24.1. The number of aromatic nitrogens is 1. The maximum Gasteiger partial charge on any atom is 0.0428 e. The summed E-state index contributed by atoms with van der Waals surface area (Å²) in [5.74, 6) is 4.50. The Kier molecular flexibility index (Phi) is 57.7. The second-order valence-electron chi connectivity index (χ2n) is 17.8. The van der Waals surface area contributed by atoms with E-state index in [4.69, 9.17) is 0 Å². The first-order chi connectivity index (χ1) is 33.1. The summed E-state index contributed by atoms with van der Waals surface area (Å²) in [6, 6.07) is 69.1. The summed E-state index contributed by atoms with van der Waals surface area (Å²) in [5, 5.41) is 0. The van der Waals surface area contributed by atoms with Crippen molar-refractivity contribution in [1.82, 2.24) is 4.98 Å². The third-order valence-electron chi connectivity index (χ3n) is 10.1. The highest BCUT2D eigenvalue weighted by molar-refractivity contribution is 5.21. The molecule has 0 amide bonds. The SMILES string of the molecule is C.C.C.CC.CC.CC.CC(C)c1ccccc1.CC(C)c1ccccc1.CC(C)c1ccccc1.CC(C)c1ccccc1.CC(C)c1ccccc1.CC(C)c1ccccc1.CC(C)c1ccccn1. The lowest BCUT2D eigenvalue weighted by atomic mass is 10.0. The Morgan fingerprint density at radius 2 is 0.361 bits per heavy atom. The molecule has 1 nitrogen and oxygen atoms in total. The Hall–Kier alpha value is -5.53. The summed E-state index contributed by atoms with van der Waals surface area (Å²) in [6.45, 7) is 42.7. The Balaban J connectivity index is -0.000000172. The van der Waals surface area contributed by atoms with Gasteiger partial charge in [-0.2, -0.15) is 0 Å². The van der Waals surface area contributed by atoms with Gasteiger partial charge in [-0.3, -0.25) is 4.98 Å². The summed E-state index contributed by atoms with van der Waals surface area (Å²) >= 11 is 0. The summed E-state index contributed by atoms with van der Waals surface area (Å²) < 4.78 is 0. The van der Waals surface area contributed by atoms with Crippen molar-refractivity contribution in [3.05, 3.63) is 245 Å². The number of pyridine rings is 1. The zero-order valence-electron chi connectivity index (χ0n) is 47.6. The van der Waals surface area contributed by atoms with Crippen molar-refractivity contribution in [2.75, 3.05) is 0 Å². The molecule has 0 aliphatic carbocycles. The molecule has 1 heteroatoms. The number of hydrogen-bond acceptors (Lipinski definition) is 1. The van der Waals surface area contributed by atoms with Gasteiger partial charge in [-0.1, -0.05) is 349 Å². The van der Waals surface area contributed by atoms with Crippen LogP contribution in [-0.2, 0) is 0 Å². The minimum Gasteiger partial charge on any atom is -0.261 e. The van der Waals surface area contributed by atoms with Crippen LogP contribution in [0.2, 0.25) is 0 Å². The molecular weight excluding hydrogens is 867 g/mol. The second-order valence-corrected chi connectivity index (χ2v) is 17.8. The topological polar surface area (TPSA) is 12.9 Å². The zero-order valence-corrected chi connectivity index (χ0v) is 47.6. The van der Waals surface area contributed by atoms with E-state index in [1.807, 2.05) is 102 Å². The molecule has 0 atom stereocenters. The highest BCUT2D eigenvalue weighted by atomic mass is 14.7. The van der Waals surface area contributed by atoms with Crippen LogP contribution in [0.5, 0.6) is 0 Å². The minimum atomic E-state index is 0. The molecule has 72 heavy (non-hydrogen) atoms. The van der Waals surface area contributed by atoms with Crippen LogP contribution in [0.25, 0.3) is 0 Å². The maximum atomic E-state index is 4.18. The molecule has 0 radical (unpaired) electrons. The molecule has 0 unspecified atom stereocenters. The fraction of sp³-hybridized carbons (Fsp3) is 0.423. The lowest BCUT2D eigenvalue weighted by Gasteiger charge is -2.01. The highest BCUT2D eigenvalue weighted by Crippen LogP contribution is 2.15. The van der Waals surface area contributed by atoms with E-state index >= 15 is 0 Å². The molecule has 0 bridgehead atoms. The fourth-order valence-electron chi connectivity index (χ4n) is 5.75. The average molecular weight is 981 g/mol. The molecule has 402 valence electrons. The van der Waals surface area contributed by atoms with Gasteiger partial charge in [-0.15, -0.1) is 0 Å². The van der Waals surface area contributed by atoms with E-state index in [9.17, 15) is 0 Å². The van der Waals surface area contributed by atoms with Crippen molar-refractivity contribution in [3.8, 4) is 0 Å². The third-order valence-corrected chi connectivity index (χ3v) is 10.1. The fourth-order valence-corrected chi connectivity index (χ4v) is 5.75. The van der Waals surface area contributed by atoms with Gasteiger partial charge < -0.3 is 0 Å². The third kappa shape index (κ3) is 42.2. The lowest BCUT2D eigenvalue weighted by Crippen LogP contribution is -1.88. The van der Waals surface area contributed by atoms with Gasteiger partial charge in [-0.05, 0) is 86.9 Å². The molecule has 0 fully saturated rings. The first kappa shape index (κ1) is 77.9. The van der Waals surface area contributed by atoms with E-state index in [2.05, 4.69) is 248 Å². The molecule has 6 aromatic carbocycles.